The molecule has 1 saturated heterocycles. The van der Waals surface area contributed by atoms with Crippen LogP contribution in [0.15, 0.2) is 40.9 Å². The van der Waals surface area contributed by atoms with Gasteiger partial charge in [-0.05, 0) is 25.1 Å². The highest BCUT2D eigenvalue weighted by Crippen LogP contribution is 2.23. The van der Waals surface area contributed by atoms with E-state index < -0.39 is 23.3 Å². The molecular weight excluding hydrogens is 442 g/mol. The first-order chi connectivity index (χ1) is 15.8. The van der Waals surface area contributed by atoms with E-state index in [4.69, 9.17) is 9.26 Å². The van der Waals surface area contributed by atoms with Crippen molar-refractivity contribution >= 4 is 5.91 Å². The van der Waals surface area contributed by atoms with E-state index in [1.54, 1.807) is 11.8 Å². The summed E-state index contributed by atoms with van der Waals surface area (Å²) in [7, 11) is 0. The second-order valence-electron chi connectivity index (χ2n) is 7.71. The average molecular weight is 463 g/mol. The van der Waals surface area contributed by atoms with Crippen LogP contribution in [0.25, 0.3) is 0 Å². The maximum Gasteiger partial charge on any atom is 0.276 e. The molecule has 33 heavy (non-hydrogen) atoms. The van der Waals surface area contributed by atoms with Crippen molar-refractivity contribution in [1.82, 2.24) is 15.0 Å². The monoisotopic (exact) mass is 463 g/mol. The van der Waals surface area contributed by atoms with E-state index >= 15 is 0 Å². The predicted octanol–water partition coefficient (Wildman–Crippen LogP) is 4.08. The van der Waals surface area contributed by atoms with Gasteiger partial charge in [0, 0.05) is 44.4 Å². The van der Waals surface area contributed by atoms with Crippen LogP contribution in [0.2, 0.25) is 0 Å². The molecule has 0 bridgehead atoms. The zero-order valence-electron chi connectivity index (χ0n) is 17.8. The lowest BCUT2D eigenvalue weighted by Crippen LogP contribution is -2.48. The van der Waals surface area contributed by atoms with Crippen molar-refractivity contribution in [2.45, 2.75) is 20.1 Å². The van der Waals surface area contributed by atoms with Crippen molar-refractivity contribution in [1.29, 1.82) is 0 Å². The second kappa shape index (κ2) is 9.62. The van der Waals surface area contributed by atoms with E-state index in [0.29, 0.717) is 43.6 Å². The summed E-state index contributed by atoms with van der Waals surface area (Å²) in [5, 5.41) is 3.84. The molecule has 174 valence electrons. The van der Waals surface area contributed by atoms with Crippen LogP contribution in [0.3, 0.4) is 0 Å². The number of piperazine rings is 1. The number of ether oxygens (including phenoxy) is 1. The Hall–Kier alpha value is -3.40. The number of amides is 1. The fraction of sp³-hybridized carbons (Fsp3) is 0.304. The first kappa shape index (κ1) is 22.8. The molecule has 1 fully saturated rings. The third kappa shape index (κ3) is 5.00. The molecular formula is C23H21F4N3O3. The summed E-state index contributed by atoms with van der Waals surface area (Å²) < 4.78 is 64.8. The van der Waals surface area contributed by atoms with Gasteiger partial charge in [-0.1, -0.05) is 17.3 Å². The number of aromatic nitrogens is 1. The molecule has 0 unspecified atom stereocenters. The average Bonchev–Trinajstić information content (AvgIpc) is 3.16. The molecule has 10 heteroatoms. The smallest absolute Gasteiger partial charge is 0.276 e. The van der Waals surface area contributed by atoms with Crippen molar-refractivity contribution in [2.75, 3.05) is 26.2 Å². The van der Waals surface area contributed by atoms with Crippen LogP contribution < -0.4 is 4.74 Å². The third-order valence-electron chi connectivity index (χ3n) is 5.54. The highest BCUT2D eigenvalue weighted by atomic mass is 19.2. The number of nitrogens with zero attached hydrogens (tertiary/aromatic N) is 3. The highest BCUT2D eigenvalue weighted by molar-refractivity contribution is 5.93. The van der Waals surface area contributed by atoms with E-state index in [2.05, 4.69) is 5.16 Å². The summed E-state index contributed by atoms with van der Waals surface area (Å²) >= 11 is 0. The molecule has 0 radical (unpaired) electrons. The molecule has 1 aromatic heterocycles. The number of halogens is 4. The van der Waals surface area contributed by atoms with Gasteiger partial charge in [-0.3, -0.25) is 9.69 Å². The summed E-state index contributed by atoms with van der Waals surface area (Å²) in [6.45, 7) is 3.29. The van der Waals surface area contributed by atoms with Gasteiger partial charge in [0.25, 0.3) is 5.91 Å². The van der Waals surface area contributed by atoms with E-state index in [0.717, 1.165) is 18.2 Å². The summed E-state index contributed by atoms with van der Waals surface area (Å²) in [5.74, 6) is -3.52. The lowest BCUT2D eigenvalue weighted by atomic mass is 10.1. The minimum Gasteiger partial charge on any atom is -0.486 e. The summed E-state index contributed by atoms with van der Waals surface area (Å²) in [6.07, 6.45) is 0. The molecule has 0 atom stereocenters. The van der Waals surface area contributed by atoms with Gasteiger partial charge in [0.1, 0.15) is 18.2 Å². The van der Waals surface area contributed by atoms with Gasteiger partial charge in [-0.25, -0.2) is 17.6 Å². The third-order valence-corrected chi connectivity index (χ3v) is 5.54. The Morgan fingerprint density at radius 2 is 1.82 bits per heavy atom. The van der Waals surface area contributed by atoms with Crippen LogP contribution in [-0.2, 0) is 13.2 Å². The standard InChI is InChI=1S/C23H21F4N3O3/c1-14-17(13-32-20-6-5-16(24)11-19(20)26)22(28-33-14)23(31)30-9-7-29(8-10-30)12-15-3-2-4-18(25)21(15)27/h2-6,11H,7-10,12-13H2,1H3. The zero-order valence-corrected chi connectivity index (χ0v) is 17.8. The predicted molar refractivity (Wildman–Crippen MR) is 109 cm³/mol. The van der Waals surface area contributed by atoms with Gasteiger partial charge in [0.2, 0.25) is 0 Å². The van der Waals surface area contributed by atoms with Crippen LogP contribution in [0, 0.1) is 30.2 Å². The minimum absolute atomic E-state index is 0.0552. The van der Waals surface area contributed by atoms with Crippen LogP contribution in [-0.4, -0.2) is 47.0 Å². The Labute approximate surface area is 187 Å². The Morgan fingerprint density at radius 3 is 2.55 bits per heavy atom. The van der Waals surface area contributed by atoms with Crippen LogP contribution >= 0.6 is 0 Å². The Bertz CT molecular complexity index is 1160. The molecule has 4 rings (SSSR count). The Balaban J connectivity index is 1.38. The second-order valence-corrected chi connectivity index (χ2v) is 7.71. The largest absolute Gasteiger partial charge is 0.486 e. The van der Waals surface area contributed by atoms with Crippen molar-refractivity contribution in [2.24, 2.45) is 0 Å². The van der Waals surface area contributed by atoms with Crippen molar-refractivity contribution in [3.63, 3.8) is 0 Å². The van der Waals surface area contributed by atoms with Crippen molar-refractivity contribution in [3.8, 4) is 5.75 Å². The Morgan fingerprint density at radius 1 is 1.06 bits per heavy atom. The molecule has 0 N–H and O–H groups in total. The molecule has 2 aromatic carbocycles. The first-order valence-electron chi connectivity index (χ1n) is 10.3. The molecule has 3 aromatic rings. The van der Waals surface area contributed by atoms with Crippen LogP contribution in [0.1, 0.15) is 27.4 Å². The van der Waals surface area contributed by atoms with Gasteiger partial charge in [-0.2, -0.15) is 0 Å². The van der Waals surface area contributed by atoms with Crippen LogP contribution in [0.5, 0.6) is 5.75 Å². The van der Waals surface area contributed by atoms with Gasteiger partial charge in [0.15, 0.2) is 28.9 Å². The molecule has 0 aliphatic carbocycles. The number of rotatable bonds is 6. The summed E-state index contributed by atoms with van der Waals surface area (Å²) in [5.41, 5.74) is 0.682. The number of aryl methyl sites for hydroxylation is 1. The normalized spacial score (nSPS) is 14.5. The van der Waals surface area contributed by atoms with Gasteiger partial charge in [0.05, 0.1) is 5.56 Å². The van der Waals surface area contributed by atoms with Gasteiger partial charge >= 0.3 is 0 Å². The topological polar surface area (TPSA) is 58.8 Å². The van der Waals surface area contributed by atoms with Gasteiger partial charge in [-0.15, -0.1) is 0 Å². The SMILES string of the molecule is Cc1onc(C(=O)N2CCN(Cc3cccc(F)c3F)CC2)c1COc1ccc(F)cc1F. The lowest BCUT2D eigenvalue weighted by Gasteiger charge is -2.34. The lowest BCUT2D eigenvalue weighted by molar-refractivity contribution is 0.0614. The number of benzene rings is 2. The summed E-state index contributed by atoms with van der Waals surface area (Å²) in [6, 6.07) is 7.00. The zero-order chi connectivity index (χ0) is 23.5. The molecule has 0 spiro atoms. The van der Waals surface area contributed by atoms with Crippen molar-refractivity contribution in [3.05, 3.63) is 82.2 Å². The van der Waals surface area contributed by atoms with Crippen molar-refractivity contribution < 1.29 is 31.6 Å². The fourth-order valence-electron chi connectivity index (χ4n) is 3.64. The minimum atomic E-state index is -0.891. The first-order valence-corrected chi connectivity index (χ1v) is 10.3. The number of hydrogen-bond acceptors (Lipinski definition) is 5. The Kier molecular flexibility index (Phi) is 6.64. The highest BCUT2D eigenvalue weighted by Gasteiger charge is 2.28. The maximum atomic E-state index is 13.9. The molecule has 1 amide bonds. The molecule has 1 aliphatic rings. The number of carbonyl (C=O) groups is 1. The maximum absolute atomic E-state index is 13.9. The van der Waals surface area contributed by atoms with Crippen LogP contribution in [0.4, 0.5) is 17.6 Å². The summed E-state index contributed by atoms with van der Waals surface area (Å²) in [4.78, 5) is 16.5. The number of hydrogen-bond donors (Lipinski definition) is 0. The molecule has 2 heterocycles. The fourth-order valence-corrected chi connectivity index (χ4v) is 3.64. The van der Waals surface area contributed by atoms with E-state index in [-0.39, 0.29) is 36.1 Å². The van der Waals surface area contributed by atoms with E-state index in [9.17, 15) is 22.4 Å². The number of carbonyl (C=O) groups excluding carboxylic acids is 1. The van der Waals surface area contributed by atoms with E-state index in [1.807, 2.05) is 4.90 Å². The molecule has 1 aliphatic heterocycles. The molecule has 6 nitrogen and oxygen atoms in total. The van der Waals surface area contributed by atoms with E-state index in [1.165, 1.54) is 12.1 Å². The van der Waals surface area contributed by atoms with Gasteiger partial charge < -0.3 is 14.2 Å². The molecule has 0 saturated carbocycles. The quantitative estimate of drug-likeness (QED) is 0.516.